The van der Waals surface area contributed by atoms with E-state index < -0.39 is 36.6 Å². The number of carboxylic acid groups (broad SMARTS) is 1. The molecule has 41 heavy (non-hydrogen) atoms. The number of aromatic nitrogens is 7. The predicted octanol–water partition coefficient (Wildman–Crippen LogP) is 1.48. The van der Waals surface area contributed by atoms with Crippen molar-refractivity contribution in [3.8, 4) is 22.5 Å². The van der Waals surface area contributed by atoms with E-state index in [4.69, 9.17) is 4.74 Å². The number of hydrogen-bond acceptors (Lipinski definition) is 10. The fraction of sp³-hybridized carbons (Fsp3) is 0.286. The lowest BCUT2D eigenvalue weighted by Gasteiger charge is -2.37. The maximum absolute atomic E-state index is 11.5. The number of rotatable bonds is 6. The Balaban J connectivity index is 1.26. The number of ether oxygens (including phenoxy) is 1. The van der Waals surface area contributed by atoms with Crippen LogP contribution in [0.3, 0.4) is 0 Å². The van der Waals surface area contributed by atoms with E-state index in [1.165, 1.54) is 0 Å². The standard InChI is InChI=1S/C28H27N7O6/c1-14-11-15(2)30-26-20(14)29-13-34(26)12-16-7-9-17(10-8-16)18-5-3-4-6-19(18)25-31-33-35(32-25)27-23(38)21(36)22(37)24(41-27)28(39)40/h3-11,13,21-24,27,36-38H,12H2,1-2H3,(H,39,40). The van der Waals surface area contributed by atoms with Gasteiger partial charge in [0, 0.05) is 11.3 Å². The summed E-state index contributed by atoms with van der Waals surface area (Å²) < 4.78 is 7.34. The lowest BCUT2D eigenvalue weighted by atomic mass is 9.98. The zero-order chi connectivity index (χ0) is 28.8. The zero-order valence-corrected chi connectivity index (χ0v) is 22.1. The first-order valence-electron chi connectivity index (χ1n) is 12.9. The second-order valence-electron chi connectivity index (χ2n) is 10.1. The van der Waals surface area contributed by atoms with Gasteiger partial charge in [0.25, 0.3) is 0 Å². The molecule has 0 amide bonds. The molecule has 0 spiro atoms. The maximum atomic E-state index is 11.5. The van der Waals surface area contributed by atoms with Gasteiger partial charge in [0.15, 0.2) is 11.8 Å². The molecule has 0 radical (unpaired) electrons. The van der Waals surface area contributed by atoms with Gasteiger partial charge in [-0.3, -0.25) is 0 Å². The van der Waals surface area contributed by atoms with Crippen LogP contribution < -0.4 is 0 Å². The van der Waals surface area contributed by atoms with Gasteiger partial charge in [0.2, 0.25) is 12.1 Å². The molecule has 6 rings (SSSR count). The summed E-state index contributed by atoms with van der Waals surface area (Å²) in [5.74, 6) is -1.29. The third kappa shape index (κ3) is 4.85. The quantitative estimate of drug-likeness (QED) is 0.237. The Labute approximate surface area is 233 Å². The SMILES string of the molecule is Cc1cc(C)c2ncn(Cc3ccc(-c4ccccc4-c4nnn(C5OC(C(=O)O)C(O)C(O)C5O)n4)cc3)c2n1. The lowest BCUT2D eigenvalue weighted by molar-refractivity contribution is -0.251. The molecule has 0 bridgehead atoms. The van der Waals surface area contributed by atoms with Crippen molar-refractivity contribution in [2.24, 2.45) is 0 Å². The number of aryl methyl sites for hydroxylation is 2. The minimum absolute atomic E-state index is 0.203. The second kappa shape index (κ2) is 10.4. The molecular formula is C28H27N7O6. The van der Waals surface area contributed by atoms with Gasteiger partial charge in [-0.05, 0) is 47.4 Å². The molecule has 0 saturated carbocycles. The smallest absolute Gasteiger partial charge is 0.335 e. The number of pyridine rings is 1. The van der Waals surface area contributed by atoms with Crippen molar-refractivity contribution in [3.63, 3.8) is 0 Å². The Morgan fingerprint density at radius 3 is 2.44 bits per heavy atom. The highest BCUT2D eigenvalue weighted by Gasteiger charge is 2.48. The molecule has 0 aliphatic carbocycles. The molecule has 13 nitrogen and oxygen atoms in total. The molecule has 5 unspecified atom stereocenters. The largest absolute Gasteiger partial charge is 0.479 e. The average Bonchev–Trinajstić information content (AvgIpc) is 3.60. The van der Waals surface area contributed by atoms with Crippen LogP contribution >= 0.6 is 0 Å². The first-order valence-corrected chi connectivity index (χ1v) is 12.9. The van der Waals surface area contributed by atoms with Crippen molar-refractivity contribution in [1.29, 1.82) is 0 Å². The molecule has 5 atom stereocenters. The molecule has 1 aliphatic rings. The number of fused-ring (bicyclic) bond motifs is 1. The van der Waals surface area contributed by atoms with E-state index in [2.05, 4.69) is 25.4 Å². The Morgan fingerprint density at radius 1 is 0.976 bits per heavy atom. The molecule has 5 aromatic rings. The average molecular weight is 558 g/mol. The first kappa shape index (κ1) is 26.7. The molecule has 210 valence electrons. The van der Waals surface area contributed by atoms with E-state index in [-0.39, 0.29) is 5.82 Å². The number of aliphatic hydroxyl groups excluding tert-OH is 3. The Hall–Kier alpha value is -4.56. The van der Waals surface area contributed by atoms with Gasteiger partial charge in [-0.2, -0.15) is 0 Å². The van der Waals surface area contributed by atoms with E-state index in [9.17, 15) is 25.2 Å². The first-order chi connectivity index (χ1) is 19.7. The van der Waals surface area contributed by atoms with Crippen LogP contribution in [0.25, 0.3) is 33.7 Å². The lowest BCUT2D eigenvalue weighted by Crippen LogP contribution is -2.58. The number of tetrazole rings is 1. The zero-order valence-electron chi connectivity index (χ0n) is 22.1. The number of carbonyl (C=O) groups is 1. The summed E-state index contributed by atoms with van der Waals surface area (Å²) in [5.41, 5.74) is 7.18. The molecule has 3 aromatic heterocycles. The topological polar surface area (TPSA) is 182 Å². The number of nitrogens with zero attached hydrogens (tertiary/aromatic N) is 7. The van der Waals surface area contributed by atoms with Crippen LogP contribution in [0.1, 0.15) is 23.0 Å². The highest BCUT2D eigenvalue weighted by Crippen LogP contribution is 2.32. The van der Waals surface area contributed by atoms with Crippen molar-refractivity contribution in [2.45, 2.75) is 51.0 Å². The fourth-order valence-electron chi connectivity index (χ4n) is 5.08. The monoisotopic (exact) mass is 557 g/mol. The van der Waals surface area contributed by atoms with Gasteiger partial charge in [-0.25, -0.2) is 14.8 Å². The minimum Gasteiger partial charge on any atom is -0.479 e. The second-order valence-corrected chi connectivity index (χ2v) is 10.1. The number of imidazole rings is 1. The number of aliphatic carboxylic acids is 1. The Kier molecular flexibility index (Phi) is 6.79. The summed E-state index contributed by atoms with van der Waals surface area (Å²) in [6.07, 6.45) is -6.72. The van der Waals surface area contributed by atoms with E-state index in [0.29, 0.717) is 12.1 Å². The van der Waals surface area contributed by atoms with Crippen LogP contribution in [0.15, 0.2) is 60.9 Å². The van der Waals surface area contributed by atoms with E-state index in [0.717, 1.165) is 43.9 Å². The van der Waals surface area contributed by atoms with Crippen LogP contribution in [-0.2, 0) is 16.1 Å². The summed E-state index contributed by atoms with van der Waals surface area (Å²) in [7, 11) is 0. The van der Waals surface area contributed by atoms with Gasteiger partial charge in [0.1, 0.15) is 23.8 Å². The summed E-state index contributed by atoms with van der Waals surface area (Å²) in [6, 6.07) is 17.5. The fourth-order valence-corrected chi connectivity index (χ4v) is 5.08. The van der Waals surface area contributed by atoms with Crippen LogP contribution in [-0.4, -0.2) is 85.6 Å². The molecular weight excluding hydrogens is 530 g/mol. The van der Waals surface area contributed by atoms with E-state index >= 15 is 0 Å². The molecule has 4 N–H and O–H groups in total. The normalized spacial score (nSPS) is 22.7. The van der Waals surface area contributed by atoms with Crippen LogP contribution in [0.2, 0.25) is 0 Å². The van der Waals surface area contributed by atoms with Crippen molar-refractivity contribution in [2.75, 3.05) is 0 Å². The van der Waals surface area contributed by atoms with Crippen molar-refractivity contribution in [1.82, 2.24) is 34.7 Å². The van der Waals surface area contributed by atoms with Crippen LogP contribution in [0, 0.1) is 13.8 Å². The summed E-state index contributed by atoms with van der Waals surface area (Å²) in [5, 5.41) is 52.2. The van der Waals surface area contributed by atoms with Crippen molar-refractivity contribution in [3.05, 3.63) is 77.7 Å². The van der Waals surface area contributed by atoms with Crippen LogP contribution in [0.5, 0.6) is 0 Å². The van der Waals surface area contributed by atoms with Gasteiger partial charge in [-0.1, -0.05) is 48.5 Å². The third-order valence-electron chi connectivity index (χ3n) is 7.16. The molecule has 13 heteroatoms. The summed E-state index contributed by atoms with van der Waals surface area (Å²) >= 11 is 0. The molecule has 1 aliphatic heterocycles. The summed E-state index contributed by atoms with van der Waals surface area (Å²) in [4.78, 5) is 21.6. The maximum Gasteiger partial charge on any atom is 0.335 e. The number of aliphatic hydroxyl groups is 3. The third-order valence-corrected chi connectivity index (χ3v) is 7.16. The van der Waals surface area contributed by atoms with Crippen molar-refractivity contribution >= 4 is 17.1 Å². The minimum atomic E-state index is -1.82. The highest BCUT2D eigenvalue weighted by molar-refractivity contribution is 5.80. The molecule has 2 aromatic carbocycles. The van der Waals surface area contributed by atoms with Gasteiger partial charge < -0.3 is 29.7 Å². The van der Waals surface area contributed by atoms with Gasteiger partial charge in [-0.15, -0.1) is 15.0 Å². The van der Waals surface area contributed by atoms with E-state index in [1.807, 2.05) is 73.0 Å². The predicted molar refractivity (Wildman–Crippen MR) is 144 cm³/mol. The highest BCUT2D eigenvalue weighted by atomic mass is 16.6. The number of benzene rings is 2. The Morgan fingerprint density at radius 2 is 1.71 bits per heavy atom. The van der Waals surface area contributed by atoms with Gasteiger partial charge >= 0.3 is 5.97 Å². The van der Waals surface area contributed by atoms with Crippen LogP contribution in [0.4, 0.5) is 0 Å². The van der Waals surface area contributed by atoms with Crippen molar-refractivity contribution < 1.29 is 30.0 Å². The Bertz CT molecular complexity index is 1730. The molecule has 1 fully saturated rings. The number of carboxylic acids is 1. The van der Waals surface area contributed by atoms with E-state index in [1.54, 1.807) is 6.33 Å². The molecule has 1 saturated heterocycles. The molecule has 4 heterocycles. The summed E-state index contributed by atoms with van der Waals surface area (Å²) in [6.45, 7) is 4.60. The number of hydrogen-bond donors (Lipinski definition) is 4. The van der Waals surface area contributed by atoms with Gasteiger partial charge in [0.05, 0.1) is 12.9 Å².